The molecule has 3 nitrogen and oxygen atoms in total. The summed E-state index contributed by atoms with van der Waals surface area (Å²) in [6, 6.07) is 13.7. The fraction of sp³-hybridized carbons (Fsp3) is 0.133. The van der Waals surface area contributed by atoms with Crippen molar-refractivity contribution in [2.75, 3.05) is 11.9 Å². The first-order chi connectivity index (χ1) is 9.70. The summed E-state index contributed by atoms with van der Waals surface area (Å²) in [5.74, 6) is 0.198. The standard InChI is InChI=1S/C15H12ClFN2O/c16-12-5-6-14(13(17)9-12)19-10-11-3-1-2-4-15(11)20-8-7-18/h1-6,9,19H,8,10H2. The minimum absolute atomic E-state index is 0.0215. The van der Waals surface area contributed by atoms with Gasteiger partial charge in [-0.25, -0.2) is 4.39 Å². The van der Waals surface area contributed by atoms with Crippen molar-refractivity contribution in [2.24, 2.45) is 0 Å². The van der Waals surface area contributed by atoms with Crippen LogP contribution in [0.25, 0.3) is 0 Å². The number of anilines is 1. The van der Waals surface area contributed by atoms with Crippen molar-refractivity contribution in [1.82, 2.24) is 0 Å². The molecule has 102 valence electrons. The minimum atomic E-state index is -0.409. The molecule has 0 heterocycles. The number of nitrogens with one attached hydrogen (secondary N) is 1. The van der Waals surface area contributed by atoms with Gasteiger partial charge in [-0.05, 0) is 24.3 Å². The van der Waals surface area contributed by atoms with Gasteiger partial charge >= 0.3 is 0 Å². The zero-order valence-corrected chi connectivity index (χ0v) is 11.3. The zero-order valence-electron chi connectivity index (χ0n) is 10.6. The van der Waals surface area contributed by atoms with Gasteiger partial charge in [0, 0.05) is 17.1 Å². The molecular formula is C15H12ClFN2O. The van der Waals surface area contributed by atoms with Crippen LogP contribution in [0, 0.1) is 17.1 Å². The zero-order chi connectivity index (χ0) is 14.4. The van der Waals surface area contributed by atoms with Gasteiger partial charge < -0.3 is 10.1 Å². The topological polar surface area (TPSA) is 45.0 Å². The highest BCUT2D eigenvalue weighted by Gasteiger charge is 2.06. The third-order valence-electron chi connectivity index (χ3n) is 2.67. The number of nitriles is 1. The van der Waals surface area contributed by atoms with Crippen LogP contribution >= 0.6 is 11.6 Å². The van der Waals surface area contributed by atoms with E-state index in [1.54, 1.807) is 18.2 Å². The van der Waals surface area contributed by atoms with E-state index in [1.165, 1.54) is 6.07 Å². The molecular weight excluding hydrogens is 279 g/mol. The van der Waals surface area contributed by atoms with Crippen LogP contribution in [0.4, 0.5) is 10.1 Å². The van der Waals surface area contributed by atoms with E-state index in [1.807, 2.05) is 24.3 Å². The lowest BCUT2D eigenvalue weighted by Crippen LogP contribution is -2.04. The molecule has 2 aromatic rings. The number of para-hydroxylation sites is 1. The third-order valence-corrected chi connectivity index (χ3v) is 2.90. The number of hydrogen-bond acceptors (Lipinski definition) is 3. The van der Waals surface area contributed by atoms with Crippen LogP contribution < -0.4 is 10.1 Å². The van der Waals surface area contributed by atoms with Crippen LogP contribution in [0.5, 0.6) is 5.75 Å². The first kappa shape index (κ1) is 14.2. The van der Waals surface area contributed by atoms with Crippen LogP contribution in [0.15, 0.2) is 42.5 Å². The highest BCUT2D eigenvalue weighted by atomic mass is 35.5. The Morgan fingerprint density at radius 1 is 1.25 bits per heavy atom. The molecule has 0 aliphatic rings. The van der Waals surface area contributed by atoms with Gasteiger partial charge in [-0.1, -0.05) is 29.8 Å². The summed E-state index contributed by atoms with van der Waals surface area (Å²) in [6.07, 6.45) is 0. The average molecular weight is 291 g/mol. The quantitative estimate of drug-likeness (QED) is 0.905. The Bertz CT molecular complexity index is 640. The molecule has 0 fully saturated rings. The Balaban J connectivity index is 2.09. The number of nitrogens with zero attached hydrogens (tertiary/aromatic N) is 1. The Hall–Kier alpha value is -2.25. The Morgan fingerprint density at radius 2 is 2.05 bits per heavy atom. The first-order valence-corrected chi connectivity index (χ1v) is 6.35. The van der Waals surface area contributed by atoms with E-state index in [-0.39, 0.29) is 6.61 Å². The fourth-order valence-electron chi connectivity index (χ4n) is 1.72. The monoisotopic (exact) mass is 290 g/mol. The molecule has 0 amide bonds. The summed E-state index contributed by atoms with van der Waals surface area (Å²) in [4.78, 5) is 0. The van der Waals surface area contributed by atoms with Gasteiger partial charge in [-0.2, -0.15) is 5.26 Å². The maximum Gasteiger partial charge on any atom is 0.174 e. The van der Waals surface area contributed by atoms with Gasteiger partial charge in [0.25, 0.3) is 0 Å². The Morgan fingerprint density at radius 3 is 2.80 bits per heavy atom. The van der Waals surface area contributed by atoms with Gasteiger partial charge in [0.05, 0.1) is 5.69 Å². The maximum absolute atomic E-state index is 13.6. The van der Waals surface area contributed by atoms with Crippen LogP contribution in [0.1, 0.15) is 5.56 Å². The summed E-state index contributed by atoms with van der Waals surface area (Å²) in [5, 5.41) is 11.9. The van der Waals surface area contributed by atoms with E-state index >= 15 is 0 Å². The highest BCUT2D eigenvalue weighted by Crippen LogP contribution is 2.22. The van der Waals surface area contributed by atoms with Crippen molar-refractivity contribution >= 4 is 17.3 Å². The van der Waals surface area contributed by atoms with E-state index in [4.69, 9.17) is 21.6 Å². The lowest BCUT2D eigenvalue weighted by atomic mass is 10.2. The molecule has 1 N–H and O–H groups in total. The molecule has 0 spiro atoms. The molecule has 2 aromatic carbocycles. The average Bonchev–Trinajstić information content (AvgIpc) is 2.45. The van der Waals surface area contributed by atoms with Crippen molar-refractivity contribution in [2.45, 2.75) is 6.54 Å². The SMILES string of the molecule is N#CCOc1ccccc1CNc1ccc(Cl)cc1F. The van der Waals surface area contributed by atoms with E-state index in [0.717, 1.165) is 5.56 Å². The Kier molecular flexibility index (Phi) is 4.80. The number of rotatable bonds is 5. The molecule has 0 radical (unpaired) electrons. The summed E-state index contributed by atoms with van der Waals surface area (Å²) in [7, 11) is 0. The van der Waals surface area contributed by atoms with Crippen LogP contribution in [-0.4, -0.2) is 6.61 Å². The maximum atomic E-state index is 13.6. The van der Waals surface area contributed by atoms with Crippen molar-refractivity contribution in [3.8, 4) is 11.8 Å². The molecule has 0 atom stereocenters. The molecule has 5 heteroatoms. The second-order valence-electron chi connectivity index (χ2n) is 4.03. The molecule has 0 aliphatic heterocycles. The summed E-state index contributed by atoms with van der Waals surface area (Å²) in [6.45, 7) is 0.368. The molecule has 20 heavy (non-hydrogen) atoms. The van der Waals surface area contributed by atoms with Gasteiger partial charge in [0.2, 0.25) is 0 Å². The van der Waals surface area contributed by atoms with Crippen LogP contribution in [0.3, 0.4) is 0 Å². The highest BCUT2D eigenvalue weighted by molar-refractivity contribution is 6.30. The fourth-order valence-corrected chi connectivity index (χ4v) is 1.88. The van der Waals surface area contributed by atoms with Gasteiger partial charge in [-0.15, -0.1) is 0 Å². The number of halogens is 2. The summed E-state index contributed by atoms with van der Waals surface area (Å²) >= 11 is 5.70. The third kappa shape index (κ3) is 3.62. The van der Waals surface area contributed by atoms with Crippen LogP contribution in [0.2, 0.25) is 5.02 Å². The molecule has 0 bridgehead atoms. The van der Waals surface area contributed by atoms with E-state index < -0.39 is 5.82 Å². The first-order valence-electron chi connectivity index (χ1n) is 5.97. The molecule has 0 saturated heterocycles. The van der Waals surface area contributed by atoms with Gasteiger partial charge in [0.1, 0.15) is 17.6 Å². The largest absolute Gasteiger partial charge is 0.478 e. The number of benzene rings is 2. The molecule has 0 saturated carbocycles. The van der Waals surface area contributed by atoms with Crippen molar-refractivity contribution in [3.05, 3.63) is 58.9 Å². The summed E-state index contributed by atoms with van der Waals surface area (Å²) in [5.41, 5.74) is 1.21. The normalized spacial score (nSPS) is 9.85. The predicted molar refractivity (Wildman–Crippen MR) is 76.3 cm³/mol. The molecule has 0 unspecified atom stereocenters. The van der Waals surface area contributed by atoms with Gasteiger partial charge in [0.15, 0.2) is 6.61 Å². The Labute approximate surface area is 121 Å². The molecule has 2 rings (SSSR count). The smallest absolute Gasteiger partial charge is 0.174 e. The lowest BCUT2D eigenvalue weighted by Gasteiger charge is -2.11. The van der Waals surface area contributed by atoms with Crippen molar-refractivity contribution in [1.29, 1.82) is 5.26 Å². The van der Waals surface area contributed by atoms with E-state index in [2.05, 4.69) is 5.32 Å². The van der Waals surface area contributed by atoms with Crippen molar-refractivity contribution < 1.29 is 9.13 Å². The lowest BCUT2D eigenvalue weighted by molar-refractivity contribution is 0.364. The second kappa shape index (κ2) is 6.78. The second-order valence-corrected chi connectivity index (χ2v) is 4.47. The number of hydrogen-bond donors (Lipinski definition) is 1. The molecule has 0 aliphatic carbocycles. The number of ether oxygens (including phenoxy) is 1. The predicted octanol–water partition coefficient (Wildman–Crippen LogP) is 3.99. The minimum Gasteiger partial charge on any atom is -0.478 e. The van der Waals surface area contributed by atoms with E-state index in [9.17, 15) is 4.39 Å². The van der Waals surface area contributed by atoms with Gasteiger partial charge in [-0.3, -0.25) is 0 Å². The summed E-state index contributed by atoms with van der Waals surface area (Å²) < 4.78 is 18.9. The van der Waals surface area contributed by atoms with Crippen LogP contribution in [-0.2, 0) is 6.54 Å². The van der Waals surface area contributed by atoms with Crippen molar-refractivity contribution in [3.63, 3.8) is 0 Å². The molecule has 0 aromatic heterocycles. The van der Waals surface area contributed by atoms with E-state index in [0.29, 0.717) is 23.0 Å².